The summed E-state index contributed by atoms with van der Waals surface area (Å²) in [6, 6.07) is 15.7. The van der Waals surface area contributed by atoms with Gasteiger partial charge in [0.1, 0.15) is 29.6 Å². The Hall–Kier alpha value is -4.51. The molecule has 2 aromatic carbocycles. The number of pyridine rings is 1. The Labute approximate surface area is 237 Å². The first-order chi connectivity index (χ1) is 19.9. The third-order valence-electron chi connectivity index (χ3n) is 7.20. The SMILES string of the molecule is O=C(CC(=O)Nc1ccc(Oc2ccnc(NC(=O)N3CCC(N4CCCC4)CC3)c2)cc1)Nc1ccc(F)cc1. The summed E-state index contributed by atoms with van der Waals surface area (Å²) < 4.78 is 18.9. The number of nitrogens with one attached hydrogen (secondary N) is 3. The third-order valence-corrected chi connectivity index (χ3v) is 7.20. The fourth-order valence-electron chi connectivity index (χ4n) is 5.10. The van der Waals surface area contributed by atoms with Gasteiger partial charge in [-0.3, -0.25) is 14.9 Å². The zero-order valence-electron chi connectivity index (χ0n) is 22.6. The molecule has 10 nitrogen and oxygen atoms in total. The monoisotopic (exact) mass is 560 g/mol. The van der Waals surface area contributed by atoms with Gasteiger partial charge in [0, 0.05) is 42.8 Å². The molecule has 2 aliphatic rings. The minimum atomic E-state index is -0.513. The standard InChI is InChI=1S/C30H33FN6O4/c31-21-3-5-22(6-4-21)33-28(38)20-29(39)34-23-7-9-25(10-8-23)41-26-11-14-32-27(19-26)35-30(40)37-17-12-24(13-18-37)36-15-1-2-16-36/h3-11,14,19,24H,1-2,12-13,15-18,20H2,(H,33,38)(H,34,39)(H,32,35,40). The smallest absolute Gasteiger partial charge is 0.323 e. The Morgan fingerprint density at radius 2 is 1.41 bits per heavy atom. The summed E-state index contributed by atoms with van der Waals surface area (Å²) in [5, 5.41) is 8.08. The van der Waals surface area contributed by atoms with E-state index in [0.717, 1.165) is 25.9 Å². The van der Waals surface area contributed by atoms with Crippen molar-refractivity contribution in [2.45, 2.75) is 38.1 Å². The van der Waals surface area contributed by atoms with Gasteiger partial charge < -0.3 is 25.2 Å². The minimum absolute atomic E-state index is 0.166. The number of carbonyl (C=O) groups is 3. The van der Waals surface area contributed by atoms with E-state index in [1.54, 1.807) is 42.6 Å². The van der Waals surface area contributed by atoms with Crippen LogP contribution in [0, 0.1) is 5.82 Å². The molecule has 0 atom stereocenters. The van der Waals surface area contributed by atoms with Gasteiger partial charge in [0.05, 0.1) is 0 Å². The van der Waals surface area contributed by atoms with Crippen molar-refractivity contribution in [3.05, 3.63) is 72.7 Å². The van der Waals surface area contributed by atoms with Crippen LogP contribution in [-0.4, -0.2) is 64.9 Å². The lowest BCUT2D eigenvalue weighted by atomic mass is 10.0. The normalized spacial score (nSPS) is 15.8. The first kappa shape index (κ1) is 28.0. The Balaban J connectivity index is 1.07. The van der Waals surface area contributed by atoms with E-state index in [0.29, 0.717) is 34.7 Å². The topological polar surface area (TPSA) is 116 Å². The van der Waals surface area contributed by atoms with E-state index in [2.05, 4.69) is 25.8 Å². The number of halogens is 1. The zero-order valence-corrected chi connectivity index (χ0v) is 22.6. The summed E-state index contributed by atoms with van der Waals surface area (Å²) in [4.78, 5) is 45.8. The number of ether oxygens (including phenoxy) is 1. The fourth-order valence-corrected chi connectivity index (χ4v) is 5.10. The number of piperidine rings is 1. The predicted octanol–water partition coefficient (Wildman–Crippen LogP) is 5.07. The fraction of sp³-hybridized carbons (Fsp3) is 0.333. The molecule has 11 heteroatoms. The van der Waals surface area contributed by atoms with Crippen LogP contribution in [0.5, 0.6) is 11.5 Å². The molecule has 3 heterocycles. The van der Waals surface area contributed by atoms with Crippen LogP contribution in [0.15, 0.2) is 66.9 Å². The lowest BCUT2D eigenvalue weighted by Gasteiger charge is -2.36. The summed E-state index contributed by atoms with van der Waals surface area (Å²) >= 11 is 0. The molecule has 3 N–H and O–H groups in total. The molecule has 5 rings (SSSR count). The van der Waals surface area contributed by atoms with Crippen molar-refractivity contribution in [2.75, 3.05) is 42.1 Å². The summed E-state index contributed by atoms with van der Waals surface area (Å²) in [6.07, 6.45) is 5.69. The van der Waals surface area contributed by atoms with E-state index in [-0.39, 0.29) is 6.03 Å². The molecule has 2 aliphatic heterocycles. The number of anilines is 3. The van der Waals surface area contributed by atoms with Crippen LogP contribution in [0.1, 0.15) is 32.1 Å². The van der Waals surface area contributed by atoms with Gasteiger partial charge in [-0.2, -0.15) is 0 Å². The molecule has 41 heavy (non-hydrogen) atoms. The quantitative estimate of drug-likeness (QED) is 0.331. The molecule has 2 fully saturated rings. The highest BCUT2D eigenvalue weighted by Gasteiger charge is 2.28. The Bertz CT molecular complexity index is 1350. The molecule has 3 aromatic rings. The maximum atomic E-state index is 13.0. The number of aromatic nitrogens is 1. The van der Waals surface area contributed by atoms with Crippen molar-refractivity contribution >= 4 is 35.0 Å². The number of amides is 4. The third kappa shape index (κ3) is 8.01. The second kappa shape index (κ2) is 13.2. The average molecular weight is 561 g/mol. The van der Waals surface area contributed by atoms with E-state index < -0.39 is 24.1 Å². The lowest BCUT2D eigenvalue weighted by Crippen LogP contribution is -2.47. The maximum absolute atomic E-state index is 13.0. The number of benzene rings is 2. The molecule has 0 aliphatic carbocycles. The van der Waals surface area contributed by atoms with Crippen LogP contribution in [0.25, 0.3) is 0 Å². The van der Waals surface area contributed by atoms with E-state index in [1.807, 2.05) is 4.90 Å². The first-order valence-electron chi connectivity index (χ1n) is 13.8. The second-order valence-electron chi connectivity index (χ2n) is 10.2. The molecule has 2 saturated heterocycles. The maximum Gasteiger partial charge on any atom is 0.323 e. The number of rotatable bonds is 8. The number of carbonyl (C=O) groups excluding carboxylic acids is 3. The largest absolute Gasteiger partial charge is 0.457 e. The van der Waals surface area contributed by atoms with Crippen molar-refractivity contribution < 1.29 is 23.5 Å². The molecule has 0 radical (unpaired) electrons. The zero-order chi connectivity index (χ0) is 28.6. The first-order valence-corrected chi connectivity index (χ1v) is 13.8. The summed E-state index contributed by atoms with van der Waals surface area (Å²) in [7, 11) is 0. The lowest BCUT2D eigenvalue weighted by molar-refractivity contribution is -0.123. The average Bonchev–Trinajstić information content (AvgIpc) is 3.51. The van der Waals surface area contributed by atoms with Gasteiger partial charge in [0.2, 0.25) is 11.8 Å². The highest BCUT2D eigenvalue weighted by atomic mass is 19.1. The van der Waals surface area contributed by atoms with Gasteiger partial charge in [-0.1, -0.05) is 0 Å². The highest BCUT2D eigenvalue weighted by molar-refractivity contribution is 6.08. The summed E-state index contributed by atoms with van der Waals surface area (Å²) in [5.41, 5.74) is 0.898. The Morgan fingerprint density at radius 3 is 2.05 bits per heavy atom. The van der Waals surface area contributed by atoms with E-state index >= 15 is 0 Å². The van der Waals surface area contributed by atoms with Crippen molar-refractivity contribution in [3.63, 3.8) is 0 Å². The van der Waals surface area contributed by atoms with Gasteiger partial charge in [-0.25, -0.2) is 14.2 Å². The molecule has 214 valence electrons. The second-order valence-corrected chi connectivity index (χ2v) is 10.2. The molecule has 0 saturated carbocycles. The van der Waals surface area contributed by atoms with E-state index in [9.17, 15) is 18.8 Å². The van der Waals surface area contributed by atoms with Crippen molar-refractivity contribution in [1.82, 2.24) is 14.8 Å². The molecular weight excluding hydrogens is 527 g/mol. The van der Waals surface area contributed by atoms with Gasteiger partial charge >= 0.3 is 6.03 Å². The molecule has 0 unspecified atom stereocenters. The van der Waals surface area contributed by atoms with Crippen molar-refractivity contribution in [2.24, 2.45) is 0 Å². The predicted molar refractivity (Wildman–Crippen MR) is 153 cm³/mol. The summed E-state index contributed by atoms with van der Waals surface area (Å²) in [6.45, 7) is 3.80. The van der Waals surface area contributed by atoms with Crippen LogP contribution in [0.4, 0.5) is 26.4 Å². The van der Waals surface area contributed by atoms with Gasteiger partial charge in [-0.05, 0) is 93.4 Å². The number of hydrogen-bond acceptors (Lipinski definition) is 6. The van der Waals surface area contributed by atoms with Gasteiger partial charge in [0.25, 0.3) is 0 Å². The van der Waals surface area contributed by atoms with Crippen LogP contribution in [-0.2, 0) is 9.59 Å². The number of nitrogens with zero attached hydrogens (tertiary/aromatic N) is 3. The minimum Gasteiger partial charge on any atom is -0.457 e. The molecule has 0 bridgehead atoms. The van der Waals surface area contributed by atoms with Crippen LogP contribution in [0.3, 0.4) is 0 Å². The van der Waals surface area contributed by atoms with Gasteiger partial charge in [-0.15, -0.1) is 0 Å². The molecule has 4 amide bonds. The van der Waals surface area contributed by atoms with Crippen LogP contribution >= 0.6 is 0 Å². The summed E-state index contributed by atoms with van der Waals surface area (Å²) in [5.74, 6) is -0.00367. The van der Waals surface area contributed by atoms with Crippen LogP contribution < -0.4 is 20.7 Å². The molecule has 0 spiro atoms. The van der Waals surface area contributed by atoms with Crippen LogP contribution in [0.2, 0.25) is 0 Å². The molecule has 1 aromatic heterocycles. The van der Waals surface area contributed by atoms with Gasteiger partial charge in [0.15, 0.2) is 0 Å². The van der Waals surface area contributed by atoms with E-state index in [1.165, 1.54) is 50.2 Å². The Morgan fingerprint density at radius 1 is 0.805 bits per heavy atom. The Kier molecular flexibility index (Phi) is 9.05. The number of likely N-dealkylation sites (tertiary alicyclic amines) is 2. The van der Waals surface area contributed by atoms with Crippen molar-refractivity contribution in [1.29, 1.82) is 0 Å². The van der Waals surface area contributed by atoms with Crippen molar-refractivity contribution in [3.8, 4) is 11.5 Å². The number of urea groups is 1. The number of hydrogen-bond donors (Lipinski definition) is 3. The molecular formula is C30H33FN6O4. The van der Waals surface area contributed by atoms with E-state index in [4.69, 9.17) is 4.74 Å². The highest BCUT2D eigenvalue weighted by Crippen LogP contribution is 2.25.